The molecule has 2 saturated carbocycles. The molecule has 3 rings (SSSR count). The van der Waals surface area contributed by atoms with Crippen LogP contribution in [0.2, 0.25) is 0 Å². The Bertz CT molecular complexity index is 538. The van der Waals surface area contributed by atoms with E-state index in [1.807, 2.05) is 12.3 Å². The van der Waals surface area contributed by atoms with Crippen LogP contribution in [-0.2, 0) is 11.3 Å². The van der Waals surface area contributed by atoms with Crippen molar-refractivity contribution in [2.24, 2.45) is 16.2 Å². The van der Waals surface area contributed by atoms with Gasteiger partial charge in [0.1, 0.15) is 0 Å². The number of fused-ring (bicyclic) bond motifs is 2. The summed E-state index contributed by atoms with van der Waals surface area (Å²) in [7, 11) is 0. The van der Waals surface area contributed by atoms with Gasteiger partial charge in [0, 0.05) is 18.9 Å². The first-order chi connectivity index (χ1) is 10.7. The van der Waals surface area contributed by atoms with Crippen molar-refractivity contribution in [3.8, 4) is 0 Å². The van der Waals surface area contributed by atoms with Gasteiger partial charge in [-0.15, -0.1) is 0 Å². The molecular formula is C19H32N2O2. The van der Waals surface area contributed by atoms with Crippen LogP contribution in [0.4, 0.5) is 0 Å². The van der Waals surface area contributed by atoms with E-state index in [0.29, 0.717) is 17.4 Å². The Morgan fingerprint density at radius 1 is 1.09 bits per heavy atom. The minimum absolute atomic E-state index is 0.0978. The van der Waals surface area contributed by atoms with Crippen LogP contribution in [0.1, 0.15) is 59.8 Å². The zero-order valence-electron chi connectivity index (χ0n) is 15.1. The van der Waals surface area contributed by atoms with E-state index in [4.69, 9.17) is 4.74 Å². The summed E-state index contributed by atoms with van der Waals surface area (Å²) in [6.45, 7) is 11.1. The lowest BCUT2D eigenvalue weighted by molar-refractivity contribution is -0.196. The fraction of sp³-hybridized carbons (Fsp3) is 0.842. The molecule has 1 N–H and O–H groups in total. The van der Waals surface area contributed by atoms with Crippen molar-refractivity contribution in [3.63, 3.8) is 0 Å². The van der Waals surface area contributed by atoms with E-state index in [1.54, 1.807) is 0 Å². The Morgan fingerprint density at radius 2 is 1.87 bits per heavy atom. The zero-order valence-corrected chi connectivity index (χ0v) is 15.1. The molecule has 1 heterocycles. The Morgan fingerprint density at radius 3 is 2.52 bits per heavy atom. The van der Waals surface area contributed by atoms with Crippen LogP contribution in [0.25, 0.3) is 0 Å². The minimum Gasteiger partial charge on any atom is -0.394 e. The summed E-state index contributed by atoms with van der Waals surface area (Å²) in [5, 5.41) is 13.7. The molecular weight excluding hydrogens is 288 g/mol. The van der Waals surface area contributed by atoms with Gasteiger partial charge in [-0.3, -0.25) is 4.68 Å². The smallest absolute Gasteiger partial charge is 0.0705 e. The maximum absolute atomic E-state index is 9.28. The minimum atomic E-state index is -0.0978. The molecule has 3 unspecified atom stereocenters. The maximum Gasteiger partial charge on any atom is 0.0705 e. The average Bonchev–Trinajstić information content (AvgIpc) is 2.83. The van der Waals surface area contributed by atoms with Crippen molar-refractivity contribution < 1.29 is 9.84 Å². The van der Waals surface area contributed by atoms with Crippen LogP contribution >= 0.6 is 0 Å². The van der Waals surface area contributed by atoms with Crippen LogP contribution < -0.4 is 0 Å². The lowest BCUT2D eigenvalue weighted by atomic mass is 9.48. The van der Waals surface area contributed by atoms with Crippen LogP contribution in [-0.4, -0.2) is 33.7 Å². The molecule has 2 fully saturated rings. The predicted octanol–water partition coefficient (Wildman–Crippen LogP) is 3.65. The monoisotopic (exact) mass is 320 g/mol. The summed E-state index contributed by atoms with van der Waals surface area (Å²) in [4.78, 5) is 0. The molecule has 0 spiro atoms. The molecule has 0 radical (unpaired) electrons. The van der Waals surface area contributed by atoms with Crippen LogP contribution in [0.5, 0.6) is 0 Å². The first-order valence-electron chi connectivity index (χ1n) is 8.90. The molecule has 1 aromatic rings. The lowest BCUT2D eigenvalue weighted by Gasteiger charge is -2.61. The van der Waals surface area contributed by atoms with E-state index in [1.165, 1.54) is 12.8 Å². The van der Waals surface area contributed by atoms with Gasteiger partial charge in [0.15, 0.2) is 0 Å². The van der Waals surface area contributed by atoms with Crippen molar-refractivity contribution in [2.75, 3.05) is 13.2 Å². The molecule has 0 saturated heterocycles. The number of ether oxygens (including phenoxy) is 1. The Balaban J connectivity index is 1.89. The van der Waals surface area contributed by atoms with E-state index >= 15 is 0 Å². The van der Waals surface area contributed by atoms with Gasteiger partial charge in [0.25, 0.3) is 0 Å². The van der Waals surface area contributed by atoms with Crippen molar-refractivity contribution >= 4 is 0 Å². The summed E-state index contributed by atoms with van der Waals surface area (Å²) in [5.41, 5.74) is 0.692. The molecule has 23 heavy (non-hydrogen) atoms. The molecule has 0 aliphatic heterocycles. The Kier molecular flexibility index (Phi) is 4.13. The van der Waals surface area contributed by atoms with Gasteiger partial charge in [-0.25, -0.2) is 0 Å². The van der Waals surface area contributed by atoms with Crippen molar-refractivity contribution in [3.05, 3.63) is 18.5 Å². The van der Waals surface area contributed by atoms with E-state index < -0.39 is 0 Å². The second-order valence-electron chi connectivity index (χ2n) is 9.63. The highest BCUT2D eigenvalue weighted by Crippen LogP contribution is 2.63. The van der Waals surface area contributed by atoms with Crippen molar-refractivity contribution in [1.82, 2.24) is 9.78 Å². The third kappa shape index (κ3) is 3.63. The SMILES string of the molecule is CC1(C)CC2(C)CC(C)(Cn3cccn3)CC(OCCO)(C1)C2. The van der Waals surface area contributed by atoms with Gasteiger partial charge in [-0.1, -0.05) is 27.7 Å². The van der Waals surface area contributed by atoms with Crippen LogP contribution in [0.15, 0.2) is 18.5 Å². The number of rotatable bonds is 5. The summed E-state index contributed by atoms with van der Waals surface area (Å²) < 4.78 is 8.39. The third-order valence-corrected chi connectivity index (χ3v) is 5.66. The number of aliphatic hydroxyl groups excluding tert-OH is 1. The molecule has 1 aromatic heterocycles. The van der Waals surface area contributed by atoms with Gasteiger partial charge < -0.3 is 9.84 Å². The third-order valence-electron chi connectivity index (χ3n) is 5.66. The number of nitrogens with zero attached hydrogens (tertiary/aromatic N) is 2. The van der Waals surface area contributed by atoms with Gasteiger partial charge in [0.05, 0.1) is 18.8 Å². The fourth-order valence-electron chi connectivity index (χ4n) is 6.43. The van der Waals surface area contributed by atoms with Crippen LogP contribution in [0, 0.1) is 16.2 Å². The van der Waals surface area contributed by atoms with Crippen molar-refractivity contribution in [1.29, 1.82) is 0 Å². The molecule has 130 valence electrons. The largest absolute Gasteiger partial charge is 0.394 e. The number of aromatic nitrogens is 2. The summed E-state index contributed by atoms with van der Waals surface area (Å²) in [5.74, 6) is 0. The summed E-state index contributed by atoms with van der Waals surface area (Å²) >= 11 is 0. The normalized spacial score (nSPS) is 39.3. The topological polar surface area (TPSA) is 47.3 Å². The first kappa shape index (κ1) is 17.0. The maximum atomic E-state index is 9.28. The quantitative estimate of drug-likeness (QED) is 0.901. The highest BCUT2D eigenvalue weighted by Gasteiger charge is 2.57. The average molecular weight is 320 g/mol. The lowest BCUT2D eigenvalue weighted by Crippen LogP contribution is -2.57. The summed E-state index contributed by atoms with van der Waals surface area (Å²) in [6, 6.07) is 2.00. The Hall–Kier alpha value is -0.870. The molecule has 2 aliphatic rings. The van der Waals surface area contributed by atoms with Gasteiger partial charge >= 0.3 is 0 Å². The molecule has 4 nitrogen and oxygen atoms in total. The number of aliphatic hydroxyl groups is 1. The molecule has 3 atom stereocenters. The molecule has 0 aromatic carbocycles. The number of hydrogen-bond donors (Lipinski definition) is 1. The van der Waals surface area contributed by atoms with E-state index in [0.717, 1.165) is 25.8 Å². The standard InChI is InChI=1S/C19H32N2O2/c1-16(2)10-17(3)12-18(4,15-21-7-5-6-20-21)14-19(11-16,13-17)23-9-8-22/h5-7,22H,8-15H2,1-4H3. The second kappa shape index (κ2) is 5.59. The van der Waals surface area contributed by atoms with E-state index in [-0.39, 0.29) is 17.6 Å². The van der Waals surface area contributed by atoms with Crippen LogP contribution in [0.3, 0.4) is 0 Å². The van der Waals surface area contributed by atoms with E-state index in [9.17, 15) is 5.11 Å². The van der Waals surface area contributed by atoms with Crippen molar-refractivity contribution in [2.45, 2.75) is 71.9 Å². The fourth-order valence-corrected chi connectivity index (χ4v) is 6.43. The van der Waals surface area contributed by atoms with Gasteiger partial charge in [0.2, 0.25) is 0 Å². The Labute approximate surface area is 140 Å². The molecule has 2 bridgehead atoms. The summed E-state index contributed by atoms with van der Waals surface area (Å²) in [6.07, 6.45) is 9.65. The predicted molar refractivity (Wildman–Crippen MR) is 91.1 cm³/mol. The number of hydrogen-bond acceptors (Lipinski definition) is 3. The highest BCUT2D eigenvalue weighted by atomic mass is 16.5. The van der Waals surface area contributed by atoms with Gasteiger partial charge in [-0.05, 0) is 54.4 Å². The second-order valence-corrected chi connectivity index (χ2v) is 9.63. The first-order valence-corrected chi connectivity index (χ1v) is 8.90. The van der Waals surface area contributed by atoms with Gasteiger partial charge in [-0.2, -0.15) is 5.10 Å². The zero-order chi connectivity index (χ0) is 16.8. The van der Waals surface area contributed by atoms with E-state index in [2.05, 4.69) is 43.7 Å². The molecule has 0 amide bonds. The molecule has 2 aliphatic carbocycles. The highest BCUT2D eigenvalue weighted by molar-refractivity contribution is 5.08. The molecule has 4 heteroatoms.